The minimum absolute atomic E-state index is 0.00797. The van der Waals surface area contributed by atoms with Crippen molar-refractivity contribution in [3.8, 4) is 0 Å². The highest BCUT2D eigenvalue weighted by molar-refractivity contribution is 5.75. The van der Waals surface area contributed by atoms with Crippen LogP contribution in [0.4, 0.5) is 0 Å². The molecule has 0 radical (unpaired) electrons. The zero-order valence-corrected chi connectivity index (χ0v) is 12.9. The summed E-state index contributed by atoms with van der Waals surface area (Å²) in [5.74, 6) is 0. The minimum Gasteiger partial charge on any atom is -0.306 e. The topological polar surface area (TPSA) is 50.3 Å². The number of H-pyrrole nitrogens is 1. The number of fused-ring (bicyclic) bond motifs is 1. The van der Waals surface area contributed by atoms with Crippen molar-refractivity contribution in [3.63, 3.8) is 0 Å². The number of hydrogen-bond acceptors (Lipinski definition) is 3. The van der Waals surface area contributed by atoms with E-state index in [2.05, 4.69) is 25.8 Å². The summed E-state index contributed by atoms with van der Waals surface area (Å²) in [6.45, 7) is 7.89. The van der Waals surface area contributed by atoms with Crippen molar-refractivity contribution in [1.82, 2.24) is 14.6 Å². The van der Waals surface area contributed by atoms with E-state index < -0.39 is 0 Å². The Labute approximate surface area is 124 Å². The van der Waals surface area contributed by atoms with Crippen LogP contribution in [-0.4, -0.2) is 33.3 Å². The molecule has 0 spiro atoms. The molecule has 2 heterocycles. The van der Waals surface area contributed by atoms with Crippen molar-refractivity contribution >= 4 is 11.0 Å². The first-order valence-electron chi connectivity index (χ1n) is 7.57. The SMILES string of the molecule is CC(C)(C)ON1CCC(n2c(=O)[nH]c3ccccc32)CC1. The highest BCUT2D eigenvalue weighted by atomic mass is 16.7. The van der Waals surface area contributed by atoms with Gasteiger partial charge in [-0.15, -0.1) is 0 Å². The number of nitrogens with zero attached hydrogens (tertiary/aromatic N) is 2. The second-order valence-corrected chi connectivity index (χ2v) is 6.68. The fourth-order valence-electron chi connectivity index (χ4n) is 3.02. The van der Waals surface area contributed by atoms with E-state index in [0.717, 1.165) is 37.0 Å². The molecule has 1 N–H and O–H groups in total. The number of piperidine rings is 1. The van der Waals surface area contributed by atoms with E-state index in [4.69, 9.17) is 4.84 Å². The number of benzene rings is 1. The van der Waals surface area contributed by atoms with Gasteiger partial charge in [-0.25, -0.2) is 4.79 Å². The Morgan fingerprint density at radius 1 is 1.19 bits per heavy atom. The van der Waals surface area contributed by atoms with Crippen molar-refractivity contribution in [3.05, 3.63) is 34.7 Å². The van der Waals surface area contributed by atoms with Crippen LogP contribution in [0.25, 0.3) is 11.0 Å². The van der Waals surface area contributed by atoms with E-state index in [0.29, 0.717) is 0 Å². The summed E-state index contributed by atoms with van der Waals surface area (Å²) < 4.78 is 1.91. The second-order valence-electron chi connectivity index (χ2n) is 6.68. The molecule has 1 aromatic carbocycles. The molecule has 0 aliphatic carbocycles. The first-order chi connectivity index (χ1) is 9.94. The van der Waals surface area contributed by atoms with Crippen LogP contribution in [-0.2, 0) is 4.84 Å². The van der Waals surface area contributed by atoms with Gasteiger partial charge in [0, 0.05) is 19.1 Å². The zero-order chi connectivity index (χ0) is 15.0. The zero-order valence-electron chi connectivity index (χ0n) is 12.9. The molecule has 0 atom stereocenters. The Bertz CT molecular complexity index is 673. The number of imidazole rings is 1. The van der Waals surface area contributed by atoms with Crippen LogP contribution in [0.1, 0.15) is 39.7 Å². The quantitative estimate of drug-likeness (QED) is 0.924. The number of para-hydroxylation sites is 2. The Kier molecular flexibility index (Phi) is 3.63. The molecule has 3 rings (SSSR count). The molecule has 5 heteroatoms. The summed E-state index contributed by atoms with van der Waals surface area (Å²) in [5, 5.41) is 2.02. The summed E-state index contributed by atoms with van der Waals surface area (Å²) in [5.41, 5.74) is 1.74. The number of aromatic nitrogens is 2. The molecule has 1 aromatic heterocycles. The number of nitrogens with one attached hydrogen (secondary N) is 1. The Morgan fingerprint density at radius 3 is 2.52 bits per heavy atom. The molecule has 0 saturated carbocycles. The number of rotatable bonds is 2. The standard InChI is InChI=1S/C16H23N3O2/c1-16(2,3)21-18-10-8-12(9-11-18)19-14-7-5-4-6-13(14)17-15(19)20/h4-7,12H,8-11H2,1-3H3,(H,17,20). The van der Waals surface area contributed by atoms with Crippen LogP contribution in [0.15, 0.2) is 29.1 Å². The maximum atomic E-state index is 12.2. The third-order valence-corrected chi connectivity index (χ3v) is 3.82. The van der Waals surface area contributed by atoms with Crippen LogP contribution in [0, 0.1) is 0 Å². The summed E-state index contributed by atoms with van der Waals surface area (Å²) in [7, 11) is 0. The highest BCUT2D eigenvalue weighted by Crippen LogP contribution is 2.26. The molecule has 5 nitrogen and oxygen atoms in total. The van der Waals surface area contributed by atoms with E-state index in [1.165, 1.54) is 0 Å². The lowest BCUT2D eigenvalue weighted by atomic mass is 10.1. The molecule has 1 fully saturated rings. The summed E-state index contributed by atoms with van der Waals surface area (Å²) >= 11 is 0. The molecule has 0 bridgehead atoms. The van der Waals surface area contributed by atoms with Gasteiger partial charge in [-0.05, 0) is 45.7 Å². The van der Waals surface area contributed by atoms with Crippen LogP contribution >= 0.6 is 0 Å². The monoisotopic (exact) mass is 289 g/mol. The molecule has 1 saturated heterocycles. The first-order valence-corrected chi connectivity index (χ1v) is 7.57. The molecule has 114 valence electrons. The van der Waals surface area contributed by atoms with Crippen molar-refractivity contribution < 1.29 is 4.84 Å². The summed E-state index contributed by atoms with van der Waals surface area (Å²) in [6.07, 6.45) is 1.86. The van der Waals surface area contributed by atoms with Crippen LogP contribution < -0.4 is 5.69 Å². The van der Waals surface area contributed by atoms with Crippen molar-refractivity contribution in [2.45, 2.75) is 45.3 Å². The van der Waals surface area contributed by atoms with Gasteiger partial charge in [-0.2, -0.15) is 5.06 Å². The molecule has 21 heavy (non-hydrogen) atoms. The smallest absolute Gasteiger partial charge is 0.306 e. The fraction of sp³-hybridized carbons (Fsp3) is 0.562. The van der Waals surface area contributed by atoms with Crippen molar-refractivity contribution in [2.75, 3.05) is 13.1 Å². The molecule has 1 aliphatic rings. The van der Waals surface area contributed by atoms with Gasteiger partial charge in [-0.1, -0.05) is 12.1 Å². The van der Waals surface area contributed by atoms with Gasteiger partial charge in [-0.3, -0.25) is 9.40 Å². The summed E-state index contributed by atoms with van der Waals surface area (Å²) in [6, 6.07) is 8.12. The third-order valence-electron chi connectivity index (χ3n) is 3.82. The van der Waals surface area contributed by atoms with Crippen LogP contribution in [0.2, 0.25) is 0 Å². The second kappa shape index (κ2) is 5.31. The van der Waals surface area contributed by atoms with Gasteiger partial charge < -0.3 is 4.98 Å². The van der Waals surface area contributed by atoms with Crippen LogP contribution in [0.5, 0.6) is 0 Å². The molecule has 2 aromatic rings. The molecule has 0 unspecified atom stereocenters. The van der Waals surface area contributed by atoms with Crippen molar-refractivity contribution in [1.29, 1.82) is 0 Å². The lowest BCUT2D eigenvalue weighted by molar-refractivity contribution is -0.237. The maximum absolute atomic E-state index is 12.2. The van der Waals surface area contributed by atoms with Gasteiger partial charge in [0.05, 0.1) is 16.6 Å². The minimum atomic E-state index is -0.162. The van der Waals surface area contributed by atoms with E-state index >= 15 is 0 Å². The lowest BCUT2D eigenvalue weighted by Crippen LogP contribution is -2.41. The molecule has 1 aliphatic heterocycles. The number of hydroxylamine groups is 2. The lowest BCUT2D eigenvalue weighted by Gasteiger charge is -2.35. The summed E-state index contributed by atoms with van der Waals surface area (Å²) in [4.78, 5) is 21.0. The van der Waals surface area contributed by atoms with Gasteiger partial charge in [0.1, 0.15) is 0 Å². The van der Waals surface area contributed by atoms with Crippen LogP contribution in [0.3, 0.4) is 0 Å². The average molecular weight is 289 g/mol. The average Bonchev–Trinajstić information content (AvgIpc) is 2.74. The van der Waals surface area contributed by atoms with Gasteiger partial charge in [0.15, 0.2) is 0 Å². The van der Waals surface area contributed by atoms with Gasteiger partial charge in [0.25, 0.3) is 0 Å². The number of hydrogen-bond donors (Lipinski definition) is 1. The Balaban J connectivity index is 1.77. The predicted octanol–water partition coefficient (Wildman–Crippen LogP) is 2.70. The third kappa shape index (κ3) is 3.04. The van der Waals surface area contributed by atoms with E-state index in [1.807, 2.05) is 33.9 Å². The van der Waals surface area contributed by atoms with Gasteiger partial charge >= 0.3 is 5.69 Å². The largest absolute Gasteiger partial charge is 0.326 e. The van der Waals surface area contributed by atoms with Gasteiger partial charge in [0.2, 0.25) is 0 Å². The predicted molar refractivity (Wildman–Crippen MR) is 83.2 cm³/mol. The number of aromatic amines is 1. The molecule has 0 amide bonds. The fourth-order valence-corrected chi connectivity index (χ4v) is 3.02. The molecular formula is C16H23N3O2. The molecular weight excluding hydrogens is 266 g/mol. The Hall–Kier alpha value is -1.59. The Morgan fingerprint density at radius 2 is 1.86 bits per heavy atom. The maximum Gasteiger partial charge on any atom is 0.326 e. The van der Waals surface area contributed by atoms with E-state index in [-0.39, 0.29) is 17.3 Å². The van der Waals surface area contributed by atoms with Crippen molar-refractivity contribution in [2.24, 2.45) is 0 Å². The van der Waals surface area contributed by atoms with E-state index in [1.54, 1.807) is 0 Å². The normalized spacial score (nSPS) is 18.4. The van der Waals surface area contributed by atoms with E-state index in [9.17, 15) is 4.79 Å². The first kappa shape index (κ1) is 14.4. The highest BCUT2D eigenvalue weighted by Gasteiger charge is 2.26.